The van der Waals surface area contributed by atoms with Crippen molar-refractivity contribution < 1.29 is 19.1 Å². The van der Waals surface area contributed by atoms with Gasteiger partial charge in [0.2, 0.25) is 0 Å². The Morgan fingerprint density at radius 3 is 2.11 bits per heavy atom. The Bertz CT molecular complexity index is 884. The van der Waals surface area contributed by atoms with Crippen molar-refractivity contribution in [2.45, 2.75) is 0 Å². The number of nitrogens with zero attached hydrogens (tertiary/aromatic N) is 1. The van der Waals surface area contributed by atoms with Gasteiger partial charge < -0.3 is 20.7 Å². The highest BCUT2D eigenvalue weighted by Gasteiger charge is 2.16. The lowest BCUT2D eigenvalue weighted by Gasteiger charge is -2.12. The van der Waals surface area contributed by atoms with Crippen molar-refractivity contribution in [1.82, 2.24) is 10.6 Å². The number of carbonyl (C=O) groups is 3. The van der Waals surface area contributed by atoms with Gasteiger partial charge >= 0.3 is 0 Å². The third-order valence-corrected chi connectivity index (χ3v) is 3.59. The second kappa shape index (κ2) is 9.01. The normalized spacial score (nSPS) is 9.67. The molecule has 2 aromatic rings. The largest absolute Gasteiger partial charge is 0.478 e. The van der Waals surface area contributed by atoms with E-state index in [-0.39, 0.29) is 34.7 Å². The summed E-state index contributed by atoms with van der Waals surface area (Å²) in [5.74, 6) is -1.03. The van der Waals surface area contributed by atoms with Crippen LogP contribution in [0.15, 0.2) is 42.5 Å². The second-order valence-corrected chi connectivity index (χ2v) is 5.35. The number of rotatable bonds is 6. The molecule has 2 rings (SSSR count). The van der Waals surface area contributed by atoms with E-state index >= 15 is 0 Å². The monoisotopic (exact) mass is 366 g/mol. The average Bonchev–Trinajstić information content (AvgIpc) is 2.70. The lowest BCUT2D eigenvalue weighted by molar-refractivity contribution is 0.0960. The Balaban J connectivity index is 2.36. The first-order valence-electron chi connectivity index (χ1n) is 7.99. The van der Waals surface area contributed by atoms with Crippen molar-refractivity contribution in [3.8, 4) is 11.8 Å². The maximum Gasteiger partial charge on any atom is 0.259 e. The van der Waals surface area contributed by atoms with E-state index in [0.717, 1.165) is 0 Å². The van der Waals surface area contributed by atoms with Gasteiger partial charge in [-0.25, -0.2) is 0 Å². The van der Waals surface area contributed by atoms with E-state index in [1.165, 1.54) is 32.3 Å². The molecule has 0 aliphatic rings. The number of amides is 3. The van der Waals surface area contributed by atoms with Crippen LogP contribution in [0, 0.1) is 11.3 Å². The molecule has 8 heteroatoms. The van der Waals surface area contributed by atoms with Crippen molar-refractivity contribution in [2.75, 3.05) is 26.0 Å². The van der Waals surface area contributed by atoms with Gasteiger partial charge in [-0.2, -0.15) is 5.26 Å². The molecule has 0 bridgehead atoms. The van der Waals surface area contributed by atoms with Crippen molar-refractivity contribution in [2.24, 2.45) is 0 Å². The van der Waals surface area contributed by atoms with Gasteiger partial charge in [0, 0.05) is 30.9 Å². The molecule has 0 aliphatic heterocycles. The highest BCUT2D eigenvalue weighted by atomic mass is 16.5. The number of carbonyl (C=O) groups excluding carboxylic acids is 3. The molecule has 0 spiro atoms. The number of ether oxygens (including phenoxy) is 1. The molecule has 3 N–H and O–H groups in total. The first-order valence-corrected chi connectivity index (χ1v) is 7.99. The summed E-state index contributed by atoms with van der Waals surface area (Å²) in [6, 6.07) is 12.6. The summed E-state index contributed by atoms with van der Waals surface area (Å²) in [7, 11) is 2.94. The number of nitrogens with one attached hydrogen (secondary N) is 3. The Morgan fingerprint density at radius 2 is 1.56 bits per heavy atom. The molecule has 0 heterocycles. The molecular formula is C19H18N4O4. The summed E-state index contributed by atoms with van der Waals surface area (Å²) in [6.07, 6.45) is 0. The molecule has 0 aliphatic carbocycles. The topological polar surface area (TPSA) is 120 Å². The standard InChI is InChI=1S/C19H18N4O4/c1-21-17(24)12-9-13(18(25)22-2)11-14(10-12)23-19(26)15-5-3-4-6-16(15)27-8-7-20/h3-6,9-11H,8H2,1-2H3,(H,21,24)(H,22,25)(H,23,26). The van der Waals surface area contributed by atoms with Gasteiger partial charge in [-0.3, -0.25) is 14.4 Å². The molecule has 138 valence electrons. The number of anilines is 1. The van der Waals surface area contributed by atoms with E-state index < -0.39 is 17.7 Å². The zero-order valence-electron chi connectivity index (χ0n) is 14.8. The lowest BCUT2D eigenvalue weighted by Crippen LogP contribution is -2.22. The quantitative estimate of drug-likeness (QED) is 0.716. The van der Waals surface area contributed by atoms with E-state index in [1.54, 1.807) is 24.3 Å². The van der Waals surface area contributed by atoms with Gasteiger partial charge in [-0.05, 0) is 30.3 Å². The van der Waals surface area contributed by atoms with Crippen LogP contribution >= 0.6 is 0 Å². The molecule has 27 heavy (non-hydrogen) atoms. The smallest absolute Gasteiger partial charge is 0.259 e. The van der Waals surface area contributed by atoms with Gasteiger partial charge in [0.05, 0.1) is 5.56 Å². The van der Waals surface area contributed by atoms with E-state index in [0.29, 0.717) is 0 Å². The third kappa shape index (κ3) is 4.83. The second-order valence-electron chi connectivity index (χ2n) is 5.35. The molecule has 0 saturated carbocycles. The number of para-hydroxylation sites is 1. The van der Waals surface area contributed by atoms with Gasteiger partial charge in [0.15, 0.2) is 6.61 Å². The lowest BCUT2D eigenvalue weighted by atomic mass is 10.1. The maximum absolute atomic E-state index is 12.6. The molecule has 0 atom stereocenters. The number of hydrogen-bond acceptors (Lipinski definition) is 5. The fourth-order valence-corrected chi connectivity index (χ4v) is 2.34. The first kappa shape index (κ1) is 19.5. The zero-order chi connectivity index (χ0) is 19.8. The van der Waals surface area contributed by atoms with Crippen LogP contribution in [0.2, 0.25) is 0 Å². The van der Waals surface area contributed by atoms with Gasteiger partial charge in [0.25, 0.3) is 17.7 Å². The minimum absolute atomic E-state index is 0.197. The van der Waals surface area contributed by atoms with Crippen LogP contribution in [0.5, 0.6) is 5.75 Å². The summed E-state index contributed by atoms with van der Waals surface area (Å²) >= 11 is 0. The SMILES string of the molecule is CNC(=O)c1cc(NC(=O)c2ccccc2OCC#N)cc(C(=O)NC)c1. The molecule has 0 unspecified atom stereocenters. The van der Waals surface area contributed by atoms with Crippen LogP contribution in [0.3, 0.4) is 0 Å². The molecule has 3 amide bonds. The van der Waals surface area contributed by atoms with Crippen LogP contribution in [0.1, 0.15) is 31.1 Å². The van der Waals surface area contributed by atoms with E-state index in [1.807, 2.05) is 6.07 Å². The summed E-state index contributed by atoms with van der Waals surface area (Å²) in [4.78, 5) is 36.5. The predicted molar refractivity (Wildman–Crippen MR) is 98.7 cm³/mol. The molecule has 8 nitrogen and oxygen atoms in total. The maximum atomic E-state index is 12.6. The Labute approximate surface area is 156 Å². The van der Waals surface area contributed by atoms with E-state index in [2.05, 4.69) is 16.0 Å². The Kier molecular flexibility index (Phi) is 6.49. The van der Waals surface area contributed by atoms with Crippen molar-refractivity contribution in [3.05, 3.63) is 59.2 Å². The Morgan fingerprint density at radius 1 is 0.963 bits per heavy atom. The number of nitriles is 1. The third-order valence-electron chi connectivity index (χ3n) is 3.59. The van der Waals surface area contributed by atoms with Crippen LogP contribution < -0.4 is 20.7 Å². The highest BCUT2D eigenvalue weighted by Crippen LogP contribution is 2.21. The van der Waals surface area contributed by atoms with Crippen LogP contribution in [-0.4, -0.2) is 38.4 Å². The number of benzene rings is 2. The Hall–Kier alpha value is -3.86. The minimum atomic E-state index is -0.500. The van der Waals surface area contributed by atoms with Crippen LogP contribution in [0.4, 0.5) is 5.69 Å². The van der Waals surface area contributed by atoms with E-state index in [4.69, 9.17) is 10.00 Å². The van der Waals surface area contributed by atoms with Crippen LogP contribution in [0.25, 0.3) is 0 Å². The van der Waals surface area contributed by atoms with Crippen molar-refractivity contribution >= 4 is 23.4 Å². The number of hydrogen-bond donors (Lipinski definition) is 3. The van der Waals surface area contributed by atoms with E-state index in [9.17, 15) is 14.4 Å². The molecule has 2 aromatic carbocycles. The molecule has 0 radical (unpaired) electrons. The van der Waals surface area contributed by atoms with Crippen molar-refractivity contribution in [1.29, 1.82) is 5.26 Å². The summed E-state index contributed by atoms with van der Waals surface area (Å²) in [5, 5.41) is 16.3. The summed E-state index contributed by atoms with van der Waals surface area (Å²) < 4.78 is 5.25. The fraction of sp³-hybridized carbons (Fsp3) is 0.158. The van der Waals surface area contributed by atoms with Crippen LogP contribution in [-0.2, 0) is 0 Å². The summed E-state index contributed by atoms with van der Waals surface area (Å²) in [6.45, 7) is -0.197. The molecular weight excluding hydrogens is 348 g/mol. The van der Waals surface area contributed by atoms with Gasteiger partial charge in [-0.15, -0.1) is 0 Å². The summed E-state index contributed by atoms with van der Waals surface area (Å²) in [5.41, 5.74) is 0.945. The van der Waals surface area contributed by atoms with Gasteiger partial charge in [-0.1, -0.05) is 12.1 Å². The molecule has 0 saturated heterocycles. The minimum Gasteiger partial charge on any atom is -0.478 e. The average molecular weight is 366 g/mol. The zero-order valence-corrected chi connectivity index (χ0v) is 14.8. The van der Waals surface area contributed by atoms with Crippen molar-refractivity contribution in [3.63, 3.8) is 0 Å². The first-order chi connectivity index (χ1) is 13.0. The molecule has 0 aromatic heterocycles. The highest BCUT2D eigenvalue weighted by molar-refractivity contribution is 6.08. The predicted octanol–water partition coefficient (Wildman–Crippen LogP) is 1.56. The molecule has 0 fully saturated rings. The fourth-order valence-electron chi connectivity index (χ4n) is 2.34. The van der Waals surface area contributed by atoms with Gasteiger partial charge in [0.1, 0.15) is 11.8 Å².